The number of fused-ring (bicyclic) bond motifs is 2. The molecule has 1 aromatic carbocycles. The number of hydrazine groups is 1. The monoisotopic (exact) mass is 290 g/mol. The fraction of sp³-hybridized carbons (Fsp3) is 0.647. The Morgan fingerprint density at radius 3 is 2.38 bits per heavy atom. The molecule has 3 rings (SSSR count). The maximum absolute atomic E-state index is 10.7. The van der Waals surface area contributed by atoms with Gasteiger partial charge in [0.25, 0.3) is 0 Å². The van der Waals surface area contributed by atoms with Gasteiger partial charge in [0.1, 0.15) is 5.75 Å². The van der Waals surface area contributed by atoms with Gasteiger partial charge in [-0.25, -0.2) is 5.43 Å². The first-order valence-corrected chi connectivity index (χ1v) is 7.74. The molecule has 4 nitrogen and oxygen atoms in total. The van der Waals surface area contributed by atoms with Crippen LogP contribution in [0.2, 0.25) is 0 Å². The molecule has 4 atom stereocenters. The molecule has 2 aliphatic rings. The highest BCUT2D eigenvalue weighted by molar-refractivity contribution is 5.45. The summed E-state index contributed by atoms with van der Waals surface area (Å²) in [6, 6.07) is 7.89. The predicted octanol–water partition coefficient (Wildman–Crippen LogP) is 2.80. The van der Waals surface area contributed by atoms with Crippen molar-refractivity contribution < 1.29 is 9.84 Å². The Morgan fingerprint density at radius 2 is 1.86 bits per heavy atom. The lowest BCUT2D eigenvalue weighted by Gasteiger charge is -2.37. The molecule has 2 fully saturated rings. The minimum Gasteiger partial charge on any atom is -0.497 e. The second kappa shape index (κ2) is 4.89. The molecule has 0 spiro atoms. The summed E-state index contributed by atoms with van der Waals surface area (Å²) in [6.07, 6.45) is 1.99. The third kappa shape index (κ3) is 2.04. The third-order valence-corrected chi connectivity index (χ3v) is 6.27. The lowest BCUT2D eigenvalue weighted by molar-refractivity contribution is 0.00124. The molecule has 4 unspecified atom stereocenters. The summed E-state index contributed by atoms with van der Waals surface area (Å²) in [5.41, 5.74) is 7.76. The topological polar surface area (TPSA) is 53.5 Å². The molecule has 2 aliphatic carbocycles. The van der Waals surface area contributed by atoms with Crippen LogP contribution in [0.25, 0.3) is 0 Å². The van der Waals surface area contributed by atoms with Gasteiger partial charge < -0.3 is 15.3 Å². The van der Waals surface area contributed by atoms with Crippen molar-refractivity contribution in [3.05, 3.63) is 24.3 Å². The first kappa shape index (κ1) is 14.7. The Hall–Kier alpha value is -1.26. The highest BCUT2D eigenvalue weighted by Crippen LogP contribution is 2.65. The average Bonchev–Trinajstić information content (AvgIpc) is 2.78. The number of methoxy groups -OCH3 is 1. The second-order valence-corrected chi connectivity index (χ2v) is 7.25. The van der Waals surface area contributed by atoms with E-state index in [2.05, 4.69) is 31.6 Å². The summed E-state index contributed by atoms with van der Waals surface area (Å²) in [4.78, 5) is 0. The number of anilines is 1. The maximum atomic E-state index is 10.7. The van der Waals surface area contributed by atoms with Crippen LogP contribution in [0.1, 0.15) is 33.6 Å². The Bertz CT molecular complexity index is 514. The molecule has 116 valence electrons. The van der Waals surface area contributed by atoms with Gasteiger partial charge in [0.05, 0.1) is 19.3 Å². The molecule has 21 heavy (non-hydrogen) atoms. The van der Waals surface area contributed by atoms with Crippen molar-refractivity contribution >= 4 is 5.69 Å². The van der Waals surface area contributed by atoms with Gasteiger partial charge in [-0.3, -0.25) is 0 Å². The van der Waals surface area contributed by atoms with Crippen LogP contribution in [0.3, 0.4) is 0 Å². The summed E-state index contributed by atoms with van der Waals surface area (Å²) in [7, 11) is 1.66. The summed E-state index contributed by atoms with van der Waals surface area (Å²) >= 11 is 0. The van der Waals surface area contributed by atoms with Crippen LogP contribution in [-0.4, -0.2) is 24.4 Å². The van der Waals surface area contributed by atoms with Gasteiger partial charge in [-0.05, 0) is 48.4 Å². The SMILES string of the molecule is COc1ccc(NNC2C3CCC(C)(C2O)C3(C)C)cc1. The maximum Gasteiger partial charge on any atom is 0.119 e. The molecule has 2 bridgehead atoms. The van der Waals surface area contributed by atoms with E-state index in [9.17, 15) is 5.11 Å². The van der Waals surface area contributed by atoms with E-state index in [1.54, 1.807) is 7.11 Å². The third-order valence-electron chi connectivity index (χ3n) is 6.27. The van der Waals surface area contributed by atoms with E-state index in [4.69, 9.17) is 4.74 Å². The number of aliphatic hydroxyl groups excluding tert-OH is 1. The van der Waals surface area contributed by atoms with Crippen molar-refractivity contribution in [3.63, 3.8) is 0 Å². The number of aliphatic hydroxyl groups is 1. The first-order valence-electron chi connectivity index (χ1n) is 7.74. The zero-order valence-corrected chi connectivity index (χ0v) is 13.3. The predicted molar refractivity (Wildman–Crippen MR) is 84.2 cm³/mol. The molecule has 0 amide bonds. The molecular weight excluding hydrogens is 264 g/mol. The smallest absolute Gasteiger partial charge is 0.119 e. The molecule has 0 aliphatic heterocycles. The Balaban J connectivity index is 1.69. The van der Waals surface area contributed by atoms with E-state index in [1.165, 1.54) is 6.42 Å². The van der Waals surface area contributed by atoms with Crippen molar-refractivity contribution in [1.29, 1.82) is 0 Å². The zero-order chi connectivity index (χ0) is 15.3. The normalized spacial score (nSPS) is 36.7. The standard InChI is InChI=1S/C17H26N2O2/c1-16(2)13-9-10-17(16,3)15(20)14(13)19-18-11-5-7-12(21-4)8-6-11/h5-8,13-15,18-20H,9-10H2,1-4H3. The highest BCUT2D eigenvalue weighted by atomic mass is 16.5. The lowest BCUT2D eigenvalue weighted by Crippen LogP contribution is -2.49. The lowest BCUT2D eigenvalue weighted by atomic mass is 9.70. The summed E-state index contributed by atoms with van der Waals surface area (Å²) in [5.74, 6) is 1.34. The molecule has 4 heteroatoms. The number of ether oxygens (including phenoxy) is 1. The van der Waals surface area contributed by atoms with E-state index in [0.29, 0.717) is 5.92 Å². The first-order chi connectivity index (χ1) is 9.90. The minimum atomic E-state index is -0.308. The van der Waals surface area contributed by atoms with E-state index in [0.717, 1.165) is 17.9 Å². The van der Waals surface area contributed by atoms with Gasteiger partial charge in [-0.1, -0.05) is 20.8 Å². The Labute approximate surface area is 126 Å². The molecule has 1 aromatic rings. The number of nitrogens with one attached hydrogen (secondary N) is 2. The van der Waals surface area contributed by atoms with Crippen LogP contribution in [-0.2, 0) is 0 Å². The second-order valence-electron chi connectivity index (χ2n) is 7.25. The van der Waals surface area contributed by atoms with Gasteiger partial charge in [0, 0.05) is 11.1 Å². The van der Waals surface area contributed by atoms with E-state index in [-0.39, 0.29) is 23.0 Å². The van der Waals surface area contributed by atoms with Gasteiger partial charge in [0.15, 0.2) is 0 Å². The fourth-order valence-electron chi connectivity index (χ4n) is 4.36. The van der Waals surface area contributed by atoms with Crippen LogP contribution in [0.4, 0.5) is 5.69 Å². The summed E-state index contributed by atoms with van der Waals surface area (Å²) < 4.78 is 5.16. The fourth-order valence-corrected chi connectivity index (χ4v) is 4.36. The Morgan fingerprint density at radius 1 is 1.19 bits per heavy atom. The minimum absolute atomic E-state index is 0.0108. The van der Waals surface area contributed by atoms with Gasteiger partial charge in [-0.2, -0.15) is 0 Å². The number of hydrogen-bond donors (Lipinski definition) is 3. The van der Waals surface area contributed by atoms with Crippen LogP contribution in [0.15, 0.2) is 24.3 Å². The van der Waals surface area contributed by atoms with Crippen LogP contribution in [0, 0.1) is 16.7 Å². The van der Waals surface area contributed by atoms with Gasteiger partial charge in [-0.15, -0.1) is 0 Å². The Kier molecular flexibility index (Phi) is 3.41. The molecule has 0 radical (unpaired) electrons. The van der Waals surface area contributed by atoms with E-state index >= 15 is 0 Å². The van der Waals surface area contributed by atoms with Crippen molar-refractivity contribution in [1.82, 2.24) is 5.43 Å². The van der Waals surface area contributed by atoms with E-state index in [1.807, 2.05) is 24.3 Å². The molecule has 0 aromatic heterocycles. The van der Waals surface area contributed by atoms with E-state index < -0.39 is 0 Å². The summed E-state index contributed by atoms with van der Waals surface area (Å²) in [5, 5.41) is 10.7. The largest absolute Gasteiger partial charge is 0.497 e. The van der Waals surface area contributed by atoms with Gasteiger partial charge >= 0.3 is 0 Å². The van der Waals surface area contributed by atoms with Crippen LogP contribution >= 0.6 is 0 Å². The molecule has 0 saturated heterocycles. The van der Waals surface area contributed by atoms with Crippen molar-refractivity contribution in [2.24, 2.45) is 16.7 Å². The average molecular weight is 290 g/mol. The molecule has 0 heterocycles. The number of rotatable bonds is 4. The van der Waals surface area contributed by atoms with Crippen LogP contribution in [0.5, 0.6) is 5.75 Å². The number of hydrogen-bond acceptors (Lipinski definition) is 4. The van der Waals surface area contributed by atoms with Gasteiger partial charge in [0.2, 0.25) is 0 Å². The molecular formula is C17H26N2O2. The quantitative estimate of drug-likeness (QED) is 0.746. The molecule has 3 N–H and O–H groups in total. The highest BCUT2D eigenvalue weighted by Gasteiger charge is 2.65. The zero-order valence-electron chi connectivity index (χ0n) is 13.3. The van der Waals surface area contributed by atoms with Crippen molar-refractivity contribution in [2.45, 2.75) is 45.8 Å². The van der Waals surface area contributed by atoms with Crippen molar-refractivity contribution in [3.8, 4) is 5.75 Å². The molecule has 2 saturated carbocycles. The summed E-state index contributed by atoms with van der Waals surface area (Å²) in [6.45, 7) is 6.82. The van der Waals surface area contributed by atoms with Crippen LogP contribution < -0.4 is 15.6 Å². The van der Waals surface area contributed by atoms with Crippen molar-refractivity contribution in [2.75, 3.05) is 12.5 Å². The number of benzene rings is 1.